The fourth-order valence-corrected chi connectivity index (χ4v) is 2.68. The number of rotatable bonds is 4. The van der Waals surface area contributed by atoms with Gasteiger partial charge in [0.2, 0.25) is 0 Å². The minimum absolute atomic E-state index is 0.128. The summed E-state index contributed by atoms with van der Waals surface area (Å²) in [4.78, 5) is 4.51. The molecule has 0 aliphatic rings. The van der Waals surface area contributed by atoms with Crippen LogP contribution in [0, 0.1) is 5.92 Å². The molecule has 2 aromatic carbocycles. The quantitative estimate of drug-likeness (QED) is 0.644. The summed E-state index contributed by atoms with van der Waals surface area (Å²) in [6.07, 6.45) is 1.77. The first kappa shape index (κ1) is 16.6. The molecule has 0 aliphatic heterocycles. The number of nitrogens with zero attached hydrogens (tertiary/aromatic N) is 1. The normalized spacial score (nSPS) is 11.6. The molecule has 0 fully saturated rings. The van der Waals surface area contributed by atoms with Gasteiger partial charge in [-0.1, -0.05) is 79.1 Å². The molecule has 0 bridgehead atoms. The van der Waals surface area contributed by atoms with Crippen LogP contribution in [-0.4, -0.2) is 20.7 Å². The van der Waals surface area contributed by atoms with Gasteiger partial charge in [0.15, 0.2) is 0 Å². The first-order chi connectivity index (χ1) is 11.5. The lowest BCUT2D eigenvalue weighted by atomic mass is 9.46. The SMILES string of the molecule is [B]C([B])(c1ccnc(-c2cccc(-c3ccccc3)c2)c1)C(C)C. The molecule has 0 aliphatic carbocycles. The molecular formula is C21H19B2N. The van der Waals surface area contributed by atoms with Crippen molar-refractivity contribution in [1.29, 1.82) is 0 Å². The van der Waals surface area contributed by atoms with E-state index in [4.69, 9.17) is 15.7 Å². The largest absolute Gasteiger partial charge is 0.256 e. The van der Waals surface area contributed by atoms with Gasteiger partial charge in [0, 0.05) is 11.8 Å². The lowest BCUT2D eigenvalue weighted by Gasteiger charge is -2.31. The van der Waals surface area contributed by atoms with E-state index in [0.29, 0.717) is 0 Å². The molecule has 114 valence electrons. The lowest BCUT2D eigenvalue weighted by Crippen LogP contribution is -2.33. The second-order valence-corrected chi connectivity index (χ2v) is 6.46. The second-order valence-electron chi connectivity index (χ2n) is 6.46. The fraction of sp³-hybridized carbons (Fsp3) is 0.190. The van der Waals surface area contributed by atoms with Gasteiger partial charge in [-0.15, -0.1) is 0 Å². The van der Waals surface area contributed by atoms with E-state index in [1.807, 2.05) is 50.2 Å². The van der Waals surface area contributed by atoms with Crippen molar-refractivity contribution in [3.63, 3.8) is 0 Å². The molecule has 24 heavy (non-hydrogen) atoms. The van der Waals surface area contributed by atoms with Crippen LogP contribution in [0.5, 0.6) is 0 Å². The molecule has 4 radical (unpaired) electrons. The highest BCUT2D eigenvalue weighted by Crippen LogP contribution is 2.30. The zero-order valence-electron chi connectivity index (χ0n) is 14.1. The van der Waals surface area contributed by atoms with Crippen LogP contribution in [0.4, 0.5) is 0 Å². The molecule has 1 heterocycles. The Balaban J connectivity index is 2.02. The van der Waals surface area contributed by atoms with E-state index in [0.717, 1.165) is 22.4 Å². The van der Waals surface area contributed by atoms with Crippen LogP contribution in [0.1, 0.15) is 19.4 Å². The first-order valence-electron chi connectivity index (χ1n) is 8.18. The van der Waals surface area contributed by atoms with Crippen LogP contribution in [0.25, 0.3) is 22.4 Å². The molecule has 1 nitrogen and oxygen atoms in total. The molecule has 0 amide bonds. The fourth-order valence-electron chi connectivity index (χ4n) is 2.68. The van der Waals surface area contributed by atoms with Crippen molar-refractivity contribution in [3.8, 4) is 22.4 Å². The maximum absolute atomic E-state index is 6.30. The van der Waals surface area contributed by atoms with Gasteiger partial charge in [-0.05, 0) is 29.3 Å². The maximum atomic E-state index is 6.30. The van der Waals surface area contributed by atoms with Gasteiger partial charge in [-0.3, -0.25) is 4.98 Å². The second kappa shape index (κ2) is 6.68. The van der Waals surface area contributed by atoms with Gasteiger partial charge < -0.3 is 0 Å². The molecule has 0 unspecified atom stereocenters. The van der Waals surface area contributed by atoms with Crippen LogP contribution in [0.15, 0.2) is 72.9 Å². The van der Waals surface area contributed by atoms with Crippen molar-refractivity contribution in [2.45, 2.75) is 19.1 Å². The zero-order chi connectivity index (χ0) is 17.2. The molecular weight excluding hydrogens is 288 g/mol. The Labute approximate surface area is 147 Å². The third-order valence-electron chi connectivity index (χ3n) is 4.48. The van der Waals surface area contributed by atoms with Crippen LogP contribution >= 0.6 is 0 Å². The van der Waals surface area contributed by atoms with Gasteiger partial charge in [-0.25, -0.2) is 0 Å². The zero-order valence-corrected chi connectivity index (χ0v) is 14.1. The highest BCUT2D eigenvalue weighted by atomic mass is 14.7. The van der Waals surface area contributed by atoms with E-state index in [1.54, 1.807) is 6.20 Å². The highest BCUT2D eigenvalue weighted by Gasteiger charge is 2.24. The van der Waals surface area contributed by atoms with Gasteiger partial charge in [0.1, 0.15) is 0 Å². The van der Waals surface area contributed by atoms with Crippen molar-refractivity contribution in [2.75, 3.05) is 0 Å². The summed E-state index contributed by atoms with van der Waals surface area (Å²) in [5, 5.41) is -0.866. The highest BCUT2D eigenvalue weighted by molar-refractivity contribution is 6.40. The molecule has 3 aromatic rings. The topological polar surface area (TPSA) is 12.9 Å². The number of benzene rings is 2. The number of hydrogen-bond acceptors (Lipinski definition) is 1. The molecule has 0 N–H and O–H groups in total. The molecule has 1 aromatic heterocycles. The summed E-state index contributed by atoms with van der Waals surface area (Å²) < 4.78 is 0. The molecule has 0 atom stereocenters. The van der Waals surface area contributed by atoms with Gasteiger partial charge in [-0.2, -0.15) is 0 Å². The summed E-state index contributed by atoms with van der Waals surface area (Å²) in [6, 6.07) is 22.6. The Kier molecular flexibility index (Phi) is 4.62. The monoisotopic (exact) mass is 307 g/mol. The summed E-state index contributed by atoms with van der Waals surface area (Å²) in [6.45, 7) is 4.05. The summed E-state index contributed by atoms with van der Waals surface area (Å²) in [5.74, 6) is 0.128. The average molecular weight is 307 g/mol. The Morgan fingerprint density at radius 3 is 2.17 bits per heavy atom. The number of aromatic nitrogens is 1. The van der Waals surface area contributed by atoms with Crippen LogP contribution in [0.2, 0.25) is 0 Å². The minimum atomic E-state index is -0.866. The van der Waals surface area contributed by atoms with Gasteiger partial charge in [0.05, 0.1) is 21.4 Å². The lowest BCUT2D eigenvalue weighted by molar-refractivity contribution is 0.570. The summed E-state index contributed by atoms with van der Waals surface area (Å²) in [7, 11) is 12.6. The van der Waals surface area contributed by atoms with E-state index in [-0.39, 0.29) is 5.92 Å². The molecule has 3 heteroatoms. The smallest absolute Gasteiger partial charge is 0.0704 e. The molecule has 3 rings (SSSR count). The van der Waals surface area contributed by atoms with Crippen molar-refractivity contribution in [1.82, 2.24) is 4.98 Å². The third kappa shape index (κ3) is 3.31. The Morgan fingerprint density at radius 2 is 1.46 bits per heavy atom. The van der Waals surface area contributed by atoms with E-state index in [1.165, 1.54) is 5.56 Å². The first-order valence-corrected chi connectivity index (χ1v) is 8.18. The number of hydrogen-bond donors (Lipinski definition) is 0. The van der Waals surface area contributed by atoms with Crippen molar-refractivity contribution in [3.05, 3.63) is 78.5 Å². The van der Waals surface area contributed by atoms with Crippen LogP contribution < -0.4 is 0 Å². The van der Waals surface area contributed by atoms with Crippen molar-refractivity contribution < 1.29 is 0 Å². The molecule has 0 spiro atoms. The summed E-state index contributed by atoms with van der Waals surface area (Å²) in [5.41, 5.74) is 5.18. The molecule has 0 saturated heterocycles. The molecule has 0 saturated carbocycles. The average Bonchev–Trinajstić information content (AvgIpc) is 2.62. The predicted molar refractivity (Wildman–Crippen MR) is 103 cm³/mol. The van der Waals surface area contributed by atoms with E-state index in [9.17, 15) is 0 Å². The summed E-state index contributed by atoms with van der Waals surface area (Å²) >= 11 is 0. The van der Waals surface area contributed by atoms with Crippen LogP contribution in [-0.2, 0) is 5.21 Å². The van der Waals surface area contributed by atoms with E-state index < -0.39 is 5.21 Å². The number of pyridine rings is 1. The van der Waals surface area contributed by atoms with Gasteiger partial charge in [0.25, 0.3) is 0 Å². The van der Waals surface area contributed by atoms with Crippen molar-refractivity contribution >= 4 is 15.7 Å². The maximum Gasteiger partial charge on any atom is 0.0704 e. The van der Waals surface area contributed by atoms with Crippen molar-refractivity contribution in [2.24, 2.45) is 5.92 Å². The standard InChI is InChI=1S/C21H19B2N/c1-15(2)21(22,23)19-11-12-24-20(14-19)18-10-6-9-17(13-18)16-7-4-3-5-8-16/h3-15H,1-2H3. The van der Waals surface area contributed by atoms with E-state index >= 15 is 0 Å². The van der Waals surface area contributed by atoms with Crippen LogP contribution in [0.3, 0.4) is 0 Å². The van der Waals surface area contributed by atoms with Gasteiger partial charge >= 0.3 is 0 Å². The van der Waals surface area contributed by atoms with E-state index in [2.05, 4.69) is 35.3 Å². The third-order valence-corrected chi connectivity index (χ3v) is 4.48. The Morgan fingerprint density at radius 1 is 0.792 bits per heavy atom. The predicted octanol–water partition coefficient (Wildman–Crippen LogP) is 4.56. The minimum Gasteiger partial charge on any atom is -0.256 e. The Bertz CT molecular complexity index is 826. The Hall–Kier alpha value is -2.28.